The van der Waals surface area contributed by atoms with Gasteiger partial charge in [0.2, 0.25) is 5.91 Å². The number of pyridine rings is 1. The molecule has 6 nitrogen and oxygen atoms in total. The predicted octanol–water partition coefficient (Wildman–Crippen LogP) is 0.356. The average molecular weight is 264 g/mol. The monoisotopic (exact) mass is 264 g/mol. The van der Waals surface area contributed by atoms with Gasteiger partial charge in [-0.2, -0.15) is 0 Å². The first-order chi connectivity index (χ1) is 8.99. The fourth-order valence-corrected chi connectivity index (χ4v) is 1.56. The van der Waals surface area contributed by atoms with Crippen LogP contribution in [0, 0.1) is 0 Å². The van der Waals surface area contributed by atoms with Crippen LogP contribution in [-0.2, 0) is 4.79 Å². The highest BCUT2D eigenvalue weighted by Gasteiger charge is 2.17. The van der Waals surface area contributed by atoms with Crippen LogP contribution >= 0.6 is 0 Å². The van der Waals surface area contributed by atoms with E-state index in [-0.39, 0.29) is 18.4 Å². The van der Waals surface area contributed by atoms with Crippen LogP contribution in [0.25, 0.3) is 0 Å². The molecule has 6 heteroatoms. The topological polar surface area (TPSA) is 65.5 Å². The van der Waals surface area contributed by atoms with Crippen LogP contribution in [0.4, 0.5) is 5.82 Å². The molecule has 0 aliphatic rings. The summed E-state index contributed by atoms with van der Waals surface area (Å²) < 4.78 is 0. The van der Waals surface area contributed by atoms with Gasteiger partial charge in [-0.25, -0.2) is 4.98 Å². The lowest BCUT2D eigenvalue weighted by Crippen LogP contribution is -2.39. The van der Waals surface area contributed by atoms with Crippen LogP contribution in [0.15, 0.2) is 18.3 Å². The third kappa shape index (κ3) is 3.94. The molecule has 0 fully saturated rings. The Kier molecular flexibility index (Phi) is 5.29. The number of hydrogen-bond donors (Lipinski definition) is 1. The Morgan fingerprint density at radius 3 is 2.58 bits per heavy atom. The molecule has 1 heterocycles. The summed E-state index contributed by atoms with van der Waals surface area (Å²) in [6.45, 7) is 2.38. The maximum atomic E-state index is 12.3. The van der Waals surface area contributed by atoms with Gasteiger partial charge >= 0.3 is 0 Å². The number of amides is 2. The molecule has 0 spiro atoms. The Labute approximate surface area is 113 Å². The van der Waals surface area contributed by atoms with Crippen LogP contribution in [0.2, 0.25) is 0 Å². The van der Waals surface area contributed by atoms with Crippen molar-refractivity contribution in [2.45, 2.75) is 6.92 Å². The van der Waals surface area contributed by atoms with Crippen molar-refractivity contribution in [2.75, 3.05) is 39.1 Å². The smallest absolute Gasteiger partial charge is 0.254 e. The van der Waals surface area contributed by atoms with Gasteiger partial charge in [-0.1, -0.05) is 0 Å². The van der Waals surface area contributed by atoms with Crippen molar-refractivity contribution in [3.05, 3.63) is 23.9 Å². The van der Waals surface area contributed by atoms with Gasteiger partial charge in [0.05, 0.1) is 6.54 Å². The fourth-order valence-electron chi connectivity index (χ4n) is 1.56. The summed E-state index contributed by atoms with van der Waals surface area (Å²) in [4.78, 5) is 31.1. The molecule has 19 heavy (non-hydrogen) atoms. The van der Waals surface area contributed by atoms with E-state index < -0.39 is 0 Å². The van der Waals surface area contributed by atoms with E-state index >= 15 is 0 Å². The van der Waals surface area contributed by atoms with Crippen LogP contribution in [0.3, 0.4) is 0 Å². The second-order valence-corrected chi connectivity index (χ2v) is 4.29. The van der Waals surface area contributed by atoms with E-state index in [0.717, 1.165) is 0 Å². The molecular formula is C13H20N4O2. The maximum Gasteiger partial charge on any atom is 0.254 e. The molecule has 0 radical (unpaired) electrons. The largest absolute Gasteiger partial charge is 0.363 e. The summed E-state index contributed by atoms with van der Waals surface area (Å²) in [5.41, 5.74) is 0.532. The minimum absolute atomic E-state index is 0.0610. The Balaban J connectivity index is 2.91. The molecule has 0 aromatic carbocycles. The molecule has 0 bridgehead atoms. The van der Waals surface area contributed by atoms with E-state index in [0.29, 0.717) is 17.9 Å². The van der Waals surface area contributed by atoms with E-state index in [4.69, 9.17) is 0 Å². The SMILES string of the molecule is CCN(CC(=O)NC)C(=O)c1ccnc(N(C)C)c1. The standard InChI is InChI=1S/C13H20N4O2/c1-5-17(9-12(18)14-2)13(19)10-6-7-15-11(8-10)16(3)4/h6-8H,5,9H2,1-4H3,(H,14,18). The average Bonchev–Trinajstić information content (AvgIpc) is 2.43. The molecule has 1 aromatic rings. The minimum atomic E-state index is -0.183. The quantitative estimate of drug-likeness (QED) is 0.833. The molecular weight excluding hydrogens is 244 g/mol. The van der Waals surface area contributed by atoms with Crippen molar-refractivity contribution in [3.8, 4) is 0 Å². The molecule has 0 saturated heterocycles. The van der Waals surface area contributed by atoms with E-state index in [1.54, 1.807) is 25.4 Å². The normalized spacial score (nSPS) is 9.89. The summed E-state index contributed by atoms with van der Waals surface area (Å²) in [5, 5.41) is 2.51. The highest BCUT2D eigenvalue weighted by molar-refractivity contribution is 5.97. The second kappa shape index (κ2) is 6.72. The van der Waals surface area contributed by atoms with Crippen molar-refractivity contribution in [1.29, 1.82) is 0 Å². The number of rotatable bonds is 5. The number of nitrogens with zero attached hydrogens (tertiary/aromatic N) is 3. The summed E-state index contributed by atoms with van der Waals surface area (Å²) >= 11 is 0. The van der Waals surface area contributed by atoms with E-state index in [2.05, 4.69) is 10.3 Å². The summed E-state index contributed by atoms with van der Waals surface area (Å²) in [6, 6.07) is 3.37. The minimum Gasteiger partial charge on any atom is -0.363 e. The Hall–Kier alpha value is -2.11. The van der Waals surface area contributed by atoms with E-state index in [9.17, 15) is 9.59 Å². The van der Waals surface area contributed by atoms with Gasteiger partial charge in [0, 0.05) is 39.4 Å². The Bertz CT molecular complexity index is 460. The highest BCUT2D eigenvalue weighted by atomic mass is 16.2. The highest BCUT2D eigenvalue weighted by Crippen LogP contribution is 2.11. The van der Waals surface area contributed by atoms with Crippen LogP contribution in [0.5, 0.6) is 0 Å². The van der Waals surface area contributed by atoms with Crippen molar-refractivity contribution in [1.82, 2.24) is 15.2 Å². The number of carbonyl (C=O) groups excluding carboxylic acids is 2. The summed E-state index contributed by atoms with van der Waals surface area (Å²) in [5.74, 6) is 0.357. The maximum absolute atomic E-state index is 12.3. The third-order valence-corrected chi connectivity index (χ3v) is 2.73. The Morgan fingerprint density at radius 2 is 2.05 bits per heavy atom. The zero-order chi connectivity index (χ0) is 14.4. The molecule has 0 aliphatic heterocycles. The third-order valence-electron chi connectivity index (χ3n) is 2.73. The van der Waals surface area contributed by atoms with Gasteiger partial charge in [0.1, 0.15) is 5.82 Å². The van der Waals surface area contributed by atoms with Gasteiger partial charge in [-0.15, -0.1) is 0 Å². The zero-order valence-electron chi connectivity index (χ0n) is 11.8. The van der Waals surface area contributed by atoms with Crippen LogP contribution < -0.4 is 10.2 Å². The van der Waals surface area contributed by atoms with Gasteiger partial charge < -0.3 is 15.1 Å². The molecule has 1 aromatic heterocycles. The molecule has 2 amide bonds. The summed E-state index contributed by atoms with van der Waals surface area (Å²) in [7, 11) is 5.27. The van der Waals surface area contributed by atoms with Gasteiger partial charge in [0.25, 0.3) is 5.91 Å². The number of aromatic nitrogens is 1. The zero-order valence-corrected chi connectivity index (χ0v) is 11.8. The lowest BCUT2D eigenvalue weighted by atomic mass is 10.2. The van der Waals surface area contributed by atoms with Crippen molar-refractivity contribution < 1.29 is 9.59 Å². The van der Waals surface area contributed by atoms with Crippen molar-refractivity contribution in [3.63, 3.8) is 0 Å². The first kappa shape index (κ1) is 14.9. The molecule has 1 rings (SSSR count). The number of anilines is 1. The number of nitrogens with one attached hydrogen (secondary N) is 1. The lowest BCUT2D eigenvalue weighted by Gasteiger charge is -2.20. The van der Waals surface area contributed by atoms with E-state index in [1.165, 1.54) is 4.90 Å². The summed E-state index contributed by atoms with van der Waals surface area (Å²) in [6.07, 6.45) is 1.59. The van der Waals surface area contributed by atoms with Gasteiger partial charge in [-0.05, 0) is 19.1 Å². The molecule has 0 unspecified atom stereocenters. The van der Waals surface area contributed by atoms with Crippen molar-refractivity contribution in [2.24, 2.45) is 0 Å². The molecule has 0 aliphatic carbocycles. The molecule has 1 N–H and O–H groups in total. The van der Waals surface area contributed by atoms with Crippen molar-refractivity contribution >= 4 is 17.6 Å². The van der Waals surface area contributed by atoms with Crippen LogP contribution in [0.1, 0.15) is 17.3 Å². The second-order valence-electron chi connectivity index (χ2n) is 4.29. The van der Waals surface area contributed by atoms with Gasteiger partial charge in [0.15, 0.2) is 0 Å². The number of carbonyl (C=O) groups is 2. The van der Waals surface area contributed by atoms with Gasteiger partial charge in [-0.3, -0.25) is 9.59 Å². The Morgan fingerprint density at radius 1 is 1.37 bits per heavy atom. The number of likely N-dealkylation sites (N-methyl/N-ethyl adjacent to an activating group) is 2. The molecule has 104 valence electrons. The molecule has 0 atom stereocenters. The predicted molar refractivity (Wildman–Crippen MR) is 74.2 cm³/mol. The first-order valence-corrected chi connectivity index (χ1v) is 6.12. The first-order valence-electron chi connectivity index (χ1n) is 6.12. The van der Waals surface area contributed by atoms with Crippen LogP contribution in [-0.4, -0.2) is 55.9 Å². The number of hydrogen-bond acceptors (Lipinski definition) is 4. The fraction of sp³-hybridized carbons (Fsp3) is 0.462. The van der Waals surface area contributed by atoms with E-state index in [1.807, 2.05) is 25.9 Å². The molecule has 0 saturated carbocycles. The lowest BCUT2D eigenvalue weighted by molar-refractivity contribution is -0.121.